The number of para-hydroxylation sites is 1. The van der Waals surface area contributed by atoms with E-state index in [1.807, 2.05) is 0 Å². The summed E-state index contributed by atoms with van der Waals surface area (Å²) in [6.45, 7) is 4.89. The largest absolute Gasteiger partial charge is 0.380 e. The van der Waals surface area contributed by atoms with Crippen LogP contribution < -0.4 is 5.32 Å². The summed E-state index contributed by atoms with van der Waals surface area (Å²) in [5.74, 6) is 0. The van der Waals surface area contributed by atoms with E-state index in [1.165, 1.54) is 56.4 Å². The van der Waals surface area contributed by atoms with Crippen LogP contribution >= 0.6 is 0 Å². The van der Waals surface area contributed by atoms with E-state index in [4.69, 9.17) is 0 Å². The van der Waals surface area contributed by atoms with Crippen molar-refractivity contribution >= 4 is 5.69 Å². The van der Waals surface area contributed by atoms with Gasteiger partial charge in [0.2, 0.25) is 0 Å². The number of nitrogens with one attached hydrogen (secondary N) is 1. The number of hydrogen-bond acceptors (Lipinski definition) is 2. The molecule has 2 aliphatic rings. The standard InChI is InChI=1S/C16H24N2/c1-13-7-3-2-6-10-18(13)12-15-11-14-8-4-5-9-16(14)17-15/h4-5,8-9,13,15,17H,2-3,6-7,10-12H2,1H3. The first kappa shape index (κ1) is 12.0. The van der Waals surface area contributed by atoms with E-state index >= 15 is 0 Å². The van der Waals surface area contributed by atoms with Crippen molar-refractivity contribution in [1.82, 2.24) is 4.90 Å². The van der Waals surface area contributed by atoms with Gasteiger partial charge in [-0.2, -0.15) is 0 Å². The zero-order valence-corrected chi connectivity index (χ0v) is 11.4. The number of anilines is 1. The lowest BCUT2D eigenvalue weighted by atomic mass is 10.1. The van der Waals surface area contributed by atoms with E-state index < -0.39 is 0 Å². The minimum absolute atomic E-state index is 0.614. The first-order valence-electron chi connectivity index (χ1n) is 7.41. The summed E-state index contributed by atoms with van der Waals surface area (Å²) in [5, 5.41) is 3.68. The molecule has 1 saturated heterocycles. The highest BCUT2D eigenvalue weighted by atomic mass is 15.2. The molecule has 0 radical (unpaired) electrons. The average molecular weight is 244 g/mol. The number of likely N-dealkylation sites (tertiary alicyclic amines) is 1. The van der Waals surface area contributed by atoms with Crippen molar-refractivity contribution in [3.8, 4) is 0 Å². The molecule has 2 heterocycles. The van der Waals surface area contributed by atoms with E-state index in [1.54, 1.807) is 0 Å². The Morgan fingerprint density at radius 3 is 3.00 bits per heavy atom. The van der Waals surface area contributed by atoms with Gasteiger partial charge < -0.3 is 5.32 Å². The van der Waals surface area contributed by atoms with Crippen LogP contribution in [0.5, 0.6) is 0 Å². The molecular formula is C16H24N2. The second-order valence-corrected chi connectivity index (χ2v) is 5.90. The molecule has 2 atom stereocenters. The molecular weight excluding hydrogens is 220 g/mol. The fourth-order valence-electron chi connectivity index (χ4n) is 3.37. The monoisotopic (exact) mass is 244 g/mol. The van der Waals surface area contributed by atoms with Gasteiger partial charge in [0.1, 0.15) is 0 Å². The Morgan fingerprint density at radius 2 is 2.11 bits per heavy atom. The first-order valence-corrected chi connectivity index (χ1v) is 7.41. The Morgan fingerprint density at radius 1 is 1.22 bits per heavy atom. The van der Waals surface area contributed by atoms with Gasteiger partial charge in [-0.25, -0.2) is 0 Å². The average Bonchev–Trinajstić information content (AvgIpc) is 2.68. The summed E-state index contributed by atoms with van der Waals surface area (Å²) >= 11 is 0. The van der Waals surface area contributed by atoms with Gasteiger partial charge in [-0.15, -0.1) is 0 Å². The summed E-state index contributed by atoms with van der Waals surface area (Å²) in [4.78, 5) is 2.69. The molecule has 1 aromatic carbocycles. The topological polar surface area (TPSA) is 15.3 Å². The zero-order chi connectivity index (χ0) is 12.4. The van der Waals surface area contributed by atoms with Crippen LogP contribution in [0.1, 0.15) is 38.2 Å². The highest BCUT2D eigenvalue weighted by Gasteiger charge is 2.25. The third kappa shape index (κ3) is 2.54. The zero-order valence-electron chi connectivity index (χ0n) is 11.4. The molecule has 0 saturated carbocycles. The number of benzene rings is 1. The molecule has 2 aliphatic heterocycles. The molecule has 0 spiro atoms. The third-order valence-electron chi connectivity index (χ3n) is 4.49. The van der Waals surface area contributed by atoms with Crippen molar-refractivity contribution in [2.45, 2.75) is 51.1 Å². The molecule has 0 bridgehead atoms. The Kier molecular flexibility index (Phi) is 3.55. The summed E-state index contributed by atoms with van der Waals surface area (Å²) < 4.78 is 0. The van der Waals surface area contributed by atoms with Gasteiger partial charge in [0.15, 0.2) is 0 Å². The Hall–Kier alpha value is -1.02. The molecule has 1 N–H and O–H groups in total. The second kappa shape index (κ2) is 5.31. The number of hydrogen-bond donors (Lipinski definition) is 1. The highest BCUT2D eigenvalue weighted by molar-refractivity contribution is 5.56. The molecule has 0 aliphatic carbocycles. The Labute approximate surface area is 110 Å². The molecule has 1 fully saturated rings. The van der Waals surface area contributed by atoms with Crippen LogP contribution in [0, 0.1) is 0 Å². The molecule has 3 rings (SSSR count). The fraction of sp³-hybridized carbons (Fsp3) is 0.625. The van der Waals surface area contributed by atoms with Crippen LogP contribution in [0.15, 0.2) is 24.3 Å². The summed E-state index contributed by atoms with van der Waals surface area (Å²) in [7, 11) is 0. The van der Waals surface area contributed by atoms with Crippen molar-refractivity contribution in [2.24, 2.45) is 0 Å². The lowest BCUT2D eigenvalue weighted by Gasteiger charge is -2.29. The molecule has 1 aromatic rings. The van der Waals surface area contributed by atoms with Crippen molar-refractivity contribution in [3.05, 3.63) is 29.8 Å². The maximum atomic E-state index is 3.68. The van der Waals surface area contributed by atoms with Gasteiger partial charge in [0.25, 0.3) is 0 Å². The minimum Gasteiger partial charge on any atom is -0.380 e. The maximum Gasteiger partial charge on any atom is 0.0429 e. The van der Waals surface area contributed by atoms with E-state index in [2.05, 4.69) is 41.4 Å². The summed E-state index contributed by atoms with van der Waals surface area (Å²) in [6, 6.07) is 10.1. The van der Waals surface area contributed by atoms with Crippen LogP contribution in [-0.4, -0.2) is 30.1 Å². The van der Waals surface area contributed by atoms with Crippen molar-refractivity contribution in [3.63, 3.8) is 0 Å². The van der Waals surface area contributed by atoms with Gasteiger partial charge in [-0.05, 0) is 44.4 Å². The lowest BCUT2D eigenvalue weighted by Crippen LogP contribution is -2.40. The van der Waals surface area contributed by atoms with Crippen LogP contribution in [-0.2, 0) is 6.42 Å². The van der Waals surface area contributed by atoms with Crippen LogP contribution in [0.3, 0.4) is 0 Å². The van der Waals surface area contributed by atoms with Crippen LogP contribution in [0.25, 0.3) is 0 Å². The minimum atomic E-state index is 0.614. The number of nitrogens with zero attached hydrogens (tertiary/aromatic N) is 1. The molecule has 98 valence electrons. The van der Waals surface area contributed by atoms with Gasteiger partial charge in [-0.1, -0.05) is 31.0 Å². The van der Waals surface area contributed by atoms with E-state index in [9.17, 15) is 0 Å². The lowest BCUT2D eigenvalue weighted by molar-refractivity contribution is 0.206. The van der Waals surface area contributed by atoms with E-state index in [0.717, 1.165) is 6.04 Å². The first-order chi connectivity index (χ1) is 8.83. The van der Waals surface area contributed by atoms with Gasteiger partial charge >= 0.3 is 0 Å². The number of rotatable bonds is 2. The van der Waals surface area contributed by atoms with Crippen molar-refractivity contribution < 1.29 is 0 Å². The third-order valence-corrected chi connectivity index (χ3v) is 4.49. The predicted molar refractivity (Wildman–Crippen MR) is 77.1 cm³/mol. The summed E-state index contributed by atoms with van der Waals surface area (Å²) in [5.41, 5.74) is 2.84. The predicted octanol–water partition coefficient (Wildman–Crippen LogP) is 3.29. The fourth-order valence-corrected chi connectivity index (χ4v) is 3.37. The van der Waals surface area contributed by atoms with Gasteiger partial charge in [0, 0.05) is 24.3 Å². The quantitative estimate of drug-likeness (QED) is 0.859. The molecule has 2 heteroatoms. The van der Waals surface area contributed by atoms with Gasteiger partial charge in [-0.3, -0.25) is 4.90 Å². The maximum absolute atomic E-state index is 3.68. The van der Waals surface area contributed by atoms with Crippen LogP contribution in [0.4, 0.5) is 5.69 Å². The Bertz CT molecular complexity index is 377. The smallest absolute Gasteiger partial charge is 0.0429 e. The molecule has 0 aromatic heterocycles. The summed E-state index contributed by atoms with van der Waals surface area (Å²) in [6.07, 6.45) is 6.78. The molecule has 2 nitrogen and oxygen atoms in total. The molecule has 0 amide bonds. The van der Waals surface area contributed by atoms with E-state index in [0.29, 0.717) is 6.04 Å². The van der Waals surface area contributed by atoms with Crippen molar-refractivity contribution in [2.75, 3.05) is 18.4 Å². The number of fused-ring (bicyclic) bond motifs is 1. The second-order valence-electron chi connectivity index (χ2n) is 5.90. The van der Waals surface area contributed by atoms with Gasteiger partial charge in [0.05, 0.1) is 0 Å². The van der Waals surface area contributed by atoms with Crippen LogP contribution in [0.2, 0.25) is 0 Å². The van der Waals surface area contributed by atoms with Crippen molar-refractivity contribution in [1.29, 1.82) is 0 Å². The normalized spacial score (nSPS) is 28.5. The molecule has 18 heavy (non-hydrogen) atoms. The molecule has 2 unspecified atom stereocenters. The van der Waals surface area contributed by atoms with E-state index in [-0.39, 0.29) is 0 Å². The Balaban J connectivity index is 1.61. The SMILES string of the molecule is CC1CCCCCN1CC1Cc2ccccc2N1. The highest BCUT2D eigenvalue weighted by Crippen LogP contribution is 2.26.